The Morgan fingerprint density at radius 3 is 2.89 bits per heavy atom. The van der Waals surface area contributed by atoms with E-state index < -0.39 is 0 Å². The summed E-state index contributed by atoms with van der Waals surface area (Å²) in [5.74, 6) is 1.03. The van der Waals surface area contributed by atoms with Crippen molar-refractivity contribution < 1.29 is 13.9 Å². The van der Waals surface area contributed by atoms with E-state index in [2.05, 4.69) is 15.1 Å². The van der Waals surface area contributed by atoms with Crippen molar-refractivity contribution >= 4 is 5.97 Å². The summed E-state index contributed by atoms with van der Waals surface area (Å²) in [6.07, 6.45) is 3.71. The first-order chi connectivity index (χ1) is 8.74. The monoisotopic (exact) mass is 253 g/mol. The van der Waals surface area contributed by atoms with Gasteiger partial charge in [0.2, 0.25) is 11.8 Å². The van der Waals surface area contributed by atoms with E-state index in [1.807, 2.05) is 6.92 Å². The number of nitrogens with zero attached hydrogens (tertiary/aromatic N) is 3. The zero-order valence-corrected chi connectivity index (χ0v) is 10.9. The van der Waals surface area contributed by atoms with Crippen LogP contribution in [0.5, 0.6) is 0 Å². The van der Waals surface area contributed by atoms with Crippen LogP contribution in [0.15, 0.2) is 4.42 Å². The Balaban J connectivity index is 2.02. The van der Waals surface area contributed by atoms with Gasteiger partial charge < -0.3 is 9.15 Å². The zero-order valence-electron chi connectivity index (χ0n) is 10.9. The standard InChI is InChI=1S/C12H19N3O3/c1-3-10-13-14-11(18-10)8-15-7-5-4-6-9(15)12(16)17-2/h9H,3-8H2,1-2H3. The molecule has 1 aliphatic heterocycles. The molecule has 0 N–H and O–H groups in total. The number of ether oxygens (including phenoxy) is 1. The average Bonchev–Trinajstić information content (AvgIpc) is 2.86. The van der Waals surface area contributed by atoms with Crippen LogP contribution >= 0.6 is 0 Å². The van der Waals surface area contributed by atoms with Gasteiger partial charge in [0.15, 0.2) is 0 Å². The van der Waals surface area contributed by atoms with Crippen LogP contribution in [0.25, 0.3) is 0 Å². The quantitative estimate of drug-likeness (QED) is 0.750. The molecule has 0 saturated carbocycles. The third kappa shape index (κ3) is 2.87. The lowest BCUT2D eigenvalue weighted by molar-refractivity contribution is -0.148. The number of methoxy groups -OCH3 is 1. The van der Waals surface area contributed by atoms with E-state index in [4.69, 9.17) is 9.15 Å². The molecule has 0 aliphatic carbocycles. The van der Waals surface area contributed by atoms with E-state index in [9.17, 15) is 4.79 Å². The first-order valence-electron chi connectivity index (χ1n) is 6.37. The molecule has 2 rings (SSSR count). The smallest absolute Gasteiger partial charge is 0.323 e. The van der Waals surface area contributed by atoms with Gasteiger partial charge in [-0.2, -0.15) is 0 Å². The molecule has 1 unspecified atom stereocenters. The summed E-state index contributed by atoms with van der Waals surface area (Å²) in [7, 11) is 1.43. The third-order valence-corrected chi connectivity index (χ3v) is 3.24. The fraction of sp³-hybridized carbons (Fsp3) is 0.750. The van der Waals surface area contributed by atoms with Crippen molar-refractivity contribution in [2.45, 2.75) is 45.2 Å². The number of aryl methyl sites for hydroxylation is 1. The molecule has 0 aromatic carbocycles. The number of rotatable bonds is 4. The Bertz CT molecular complexity index is 405. The van der Waals surface area contributed by atoms with Gasteiger partial charge in [0.05, 0.1) is 13.7 Å². The Morgan fingerprint density at radius 1 is 1.44 bits per heavy atom. The largest absolute Gasteiger partial charge is 0.468 e. The molecule has 0 spiro atoms. The molecule has 1 aromatic heterocycles. The van der Waals surface area contributed by atoms with Gasteiger partial charge in [0.1, 0.15) is 6.04 Å². The first kappa shape index (κ1) is 13.0. The molecule has 6 nitrogen and oxygen atoms in total. The predicted molar refractivity (Wildman–Crippen MR) is 63.7 cm³/mol. The van der Waals surface area contributed by atoms with Crippen LogP contribution < -0.4 is 0 Å². The molecule has 6 heteroatoms. The third-order valence-electron chi connectivity index (χ3n) is 3.24. The maximum atomic E-state index is 11.7. The van der Waals surface area contributed by atoms with Crippen LogP contribution in [0.3, 0.4) is 0 Å². The minimum atomic E-state index is -0.180. The van der Waals surface area contributed by atoms with Crippen LogP contribution in [-0.2, 0) is 22.5 Å². The SMILES string of the molecule is CCc1nnc(CN2CCCCC2C(=O)OC)o1. The second kappa shape index (κ2) is 5.95. The van der Waals surface area contributed by atoms with Gasteiger partial charge in [-0.1, -0.05) is 13.3 Å². The Kier molecular flexibility index (Phi) is 4.30. The van der Waals surface area contributed by atoms with Gasteiger partial charge >= 0.3 is 5.97 Å². The van der Waals surface area contributed by atoms with Crippen molar-refractivity contribution in [1.29, 1.82) is 0 Å². The van der Waals surface area contributed by atoms with Gasteiger partial charge in [0, 0.05) is 6.42 Å². The highest BCUT2D eigenvalue weighted by Crippen LogP contribution is 2.20. The van der Waals surface area contributed by atoms with Crippen LogP contribution in [0, 0.1) is 0 Å². The summed E-state index contributed by atoms with van der Waals surface area (Å²) in [5.41, 5.74) is 0. The Morgan fingerprint density at radius 2 is 2.22 bits per heavy atom. The van der Waals surface area contributed by atoms with E-state index in [0.29, 0.717) is 18.3 Å². The highest BCUT2D eigenvalue weighted by atomic mass is 16.5. The summed E-state index contributed by atoms with van der Waals surface area (Å²) in [6.45, 7) is 3.35. The minimum absolute atomic E-state index is 0.176. The van der Waals surface area contributed by atoms with Gasteiger partial charge in [-0.3, -0.25) is 9.69 Å². The average molecular weight is 253 g/mol. The number of aromatic nitrogens is 2. The van der Waals surface area contributed by atoms with Crippen LogP contribution in [0.4, 0.5) is 0 Å². The van der Waals surface area contributed by atoms with E-state index in [-0.39, 0.29) is 12.0 Å². The summed E-state index contributed by atoms with van der Waals surface area (Å²) >= 11 is 0. The van der Waals surface area contributed by atoms with Gasteiger partial charge in [0.25, 0.3) is 0 Å². The molecular weight excluding hydrogens is 234 g/mol. The molecule has 0 bridgehead atoms. The van der Waals surface area contributed by atoms with Crippen molar-refractivity contribution in [1.82, 2.24) is 15.1 Å². The van der Waals surface area contributed by atoms with E-state index in [1.165, 1.54) is 7.11 Å². The maximum Gasteiger partial charge on any atom is 0.323 e. The van der Waals surface area contributed by atoms with E-state index in [0.717, 1.165) is 32.2 Å². The van der Waals surface area contributed by atoms with Crippen molar-refractivity contribution in [3.63, 3.8) is 0 Å². The number of carbonyl (C=O) groups excluding carboxylic acids is 1. The lowest BCUT2D eigenvalue weighted by Gasteiger charge is -2.32. The molecular formula is C12H19N3O3. The zero-order chi connectivity index (χ0) is 13.0. The van der Waals surface area contributed by atoms with Crippen LogP contribution in [0.2, 0.25) is 0 Å². The fourth-order valence-electron chi connectivity index (χ4n) is 2.25. The summed E-state index contributed by atoms with van der Waals surface area (Å²) < 4.78 is 10.3. The highest BCUT2D eigenvalue weighted by Gasteiger charge is 2.30. The number of carbonyl (C=O) groups is 1. The lowest BCUT2D eigenvalue weighted by atomic mass is 10.0. The molecule has 0 radical (unpaired) electrons. The van der Waals surface area contributed by atoms with E-state index in [1.54, 1.807) is 0 Å². The summed E-state index contributed by atoms with van der Waals surface area (Å²) in [6, 6.07) is -0.180. The predicted octanol–water partition coefficient (Wildman–Crippen LogP) is 1.16. The Hall–Kier alpha value is -1.43. The molecule has 1 aromatic rings. The summed E-state index contributed by atoms with van der Waals surface area (Å²) in [4.78, 5) is 13.8. The molecule has 1 fully saturated rings. The topological polar surface area (TPSA) is 68.5 Å². The highest BCUT2D eigenvalue weighted by molar-refractivity contribution is 5.75. The second-order valence-corrected chi connectivity index (χ2v) is 4.45. The molecule has 1 atom stereocenters. The molecule has 1 saturated heterocycles. The number of esters is 1. The van der Waals surface area contributed by atoms with Gasteiger partial charge in [-0.25, -0.2) is 0 Å². The number of piperidine rings is 1. The lowest BCUT2D eigenvalue weighted by Crippen LogP contribution is -2.44. The van der Waals surface area contributed by atoms with E-state index >= 15 is 0 Å². The van der Waals surface area contributed by atoms with Crippen molar-refractivity contribution in [3.8, 4) is 0 Å². The number of hydrogen-bond donors (Lipinski definition) is 0. The summed E-state index contributed by atoms with van der Waals surface area (Å²) in [5, 5.41) is 7.92. The molecule has 1 aliphatic rings. The number of likely N-dealkylation sites (tertiary alicyclic amines) is 1. The Labute approximate surface area is 106 Å². The first-order valence-corrected chi connectivity index (χ1v) is 6.37. The maximum absolute atomic E-state index is 11.7. The number of hydrogen-bond acceptors (Lipinski definition) is 6. The van der Waals surface area contributed by atoms with Crippen LogP contribution in [-0.4, -0.2) is 40.8 Å². The van der Waals surface area contributed by atoms with Crippen molar-refractivity contribution in [2.24, 2.45) is 0 Å². The molecule has 18 heavy (non-hydrogen) atoms. The molecule has 0 amide bonds. The van der Waals surface area contributed by atoms with Crippen LogP contribution in [0.1, 0.15) is 38.0 Å². The molecule has 100 valence electrons. The van der Waals surface area contributed by atoms with Crippen molar-refractivity contribution in [3.05, 3.63) is 11.8 Å². The molecule has 2 heterocycles. The van der Waals surface area contributed by atoms with Crippen molar-refractivity contribution in [2.75, 3.05) is 13.7 Å². The van der Waals surface area contributed by atoms with Gasteiger partial charge in [-0.15, -0.1) is 10.2 Å². The second-order valence-electron chi connectivity index (χ2n) is 4.45. The normalized spacial score (nSPS) is 20.9. The van der Waals surface area contributed by atoms with Gasteiger partial charge in [-0.05, 0) is 19.4 Å². The fourth-order valence-corrected chi connectivity index (χ4v) is 2.25. The minimum Gasteiger partial charge on any atom is -0.468 e.